The van der Waals surface area contributed by atoms with E-state index in [2.05, 4.69) is 0 Å². The van der Waals surface area contributed by atoms with Crippen LogP contribution in [-0.4, -0.2) is 9.76 Å². The van der Waals surface area contributed by atoms with Crippen molar-refractivity contribution in [2.45, 2.75) is 0 Å². The third-order valence-electron chi connectivity index (χ3n) is 0.892. The van der Waals surface area contributed by atoms with Gasteiger partial charge in [-0.2, -0.15) is 0 Å². The molecular weight excluding hydrogens is 139 g/mol. The molecule has 0 aromatic heterocycles. The normalized spacial score (nSPS) is 8.11. The Morgan fingerprint density at radius 2 is 1.67 bits per heavy atom. The van der Waals surface area contributed by atoms with Crippen LogP contribution in [0.15, 0.2) is 30.3 Å². The third-order valence-corrected chi connectivity index (χ3v) is 1.46. The van der Waals surface area contributed by atoms with Crippen LogP contribution in [-0.2, 0) is 0 Å². The molecule has 0 aliphatic rings. The summed E-state index contributed by atoms with van der Waals surface area (Å²) in [5.74, 6) is 0. The van der Waals surface area contributed by atoms with E-state index in [1.165, 1.54) is 0 Å². The molecule has 1 aromatic rings. The zero-order valence-electron chi connectivity index (χ0n) is 5.29. The molecule has 40 valence electrons. The van der Waals surface area contributed by atoms with E-state index >= 15 is 0 Å². The molecule has 0 saturated carbocycles. The Labute approximate surface area is 79.3 Å². The topological polar surface area (TPSA) is 23.1 Å². The number of benzene rings is 1. The van der Waals surface area contributed by atoms with Crippen molar-refractivity contribution in [2.24, 2.45) is 0 Å². The molecule has 0 fully saturated rings. The van der Waals surface area contributed by atoms with Crippen LogP contribution in [0.5, 0.6) is 0 Å². The molecule has 0 spiro atoms. The van der Waals surface area contributed by atoms with Gasteiger partial charge < -0.3 is 4.80 Å². The molecule has 0 amide bonds. The maximum absolute atomic E-state index is 10.2. The van der Waals surface area contributed by atoms with Crippen LogP contribution in [0.25, 0.3) is 0 Å². The largest absolute Gasteiger partial charge is 1.00 e. The van der Waals surface area contributed by atoms with Gasteiger partial charge in [0.05, 0.1) is 0 Å². The molecule has 0 unspecified atom stereocenters. The smallest absolute Gasteiger partial charge is 0.860 e. The molecule has 2 radical (unpaired) electrons. The summed E-state index contributed by atoms with van der Waals surface area (Å²) in [6, 6.07) is 9.33. The van der Waals surface area contributed by atoms with E-state index in [0.29, 0.717) is 0 Å². The fourth-order valence-electron chi connectivity index (χ4n) is 0.506. The minimum Gasteiger partial charge on any atom is -0.860 e. The average molecular weight is 144 g/mol. The minimum atomic E-state index is -0.320. The molecule has 9 heavy (non-hydrogen) atoms. The van der Waals surface area contributed by atoms with Crippen molar-refractivity contribution < 1.29 is 34.4 Å². The summed E-state index contributed by atoms with van der Waals surface area (Å²) in [4.78, 5) is 10.2. The number of rotatable bonds is 1. The van der Waals surface area contributed by atoms with Gasteiger partial charge in [0.15, 0.2) is 0 Å². The molecule has 1 aromatic carbocycles. The standard InChI is InChI=1S/C6H5OSi.Na/c7-8-6-4-2-1-3-5-6;/h1-5H;/q-1;+1. The van der Waals surface area contributed by atoms with Crippen LogP contribution >= 0.6 is 0 Å². The molecule has 0 heterocycles. The molecule has 0 saturated heterocycles. The number of hydrogen-bond donors (Lipinski definition) is 0. The number of hydrogen-bond acceptors (Lipinski definition) is 1. The maximum atomic E-state index is 10.2. The summed E-state index contributed by atoms with van der Waals surface area (Å²) in [7, 11) is -0.320. The van der Waals surface area contributed by atoms with Gasteiger partial charge in [0.1, 0.15) is 0 Å². The summed E-state index contributed by atoms with van der Waals surface area (Å²) >= 11 is 0. The van der Waals surface area contributed by atoms with E-state index in [0.717, 1.165) is 5.19 Å². The summed E-state index contributed by atoms with van der Waals surface area (Å²) in [5.41, 5.74) is 0. The van der Waals surface area contributed by atoms with E-state index in [1.54, 1.807) is 0 Å². The van der Waals surface area contributed by atoms with Gasteiger partial charge in [-0.1, -0.05) is 35.5 Å². The van der Waals surface area contributed by atoms with Gasteiger partial charge in [0.25, 0.3) is 0 Å². The minimum absolute atomic E-state index is 0. The third kappa shape index (κ3) is 3.18. The van der Waals surface area contributed by atoms with Crippen LogP contribution in [0.1, 0.15) is 0 Å². The molecular formula is C6H5NaOSi. The molecule has 0 bridgehead atoms. The predicted octanol–water partition coefficient (Wildman–Crippen LogP) is -3.70. The fraction of sp³-hybridized carbons (Fsp3) is 0. The van der Waals surface area contributed by atoms with Gasteiger partial charge in [0.2, 0.25) is 0 Å². The monoisotopic (exact) mass is 144 g/mol. The Morgan fingerprint density at radius 1 is 1.11 bits per heavy atom. The quantitative estimate of drug-likeness (QED) is 0.372. The molecule has 0 aliphatic heterocycles. The second-order valence-corrected chi connectivity index (χ2v) is 2.25. The Hall–Kier alpha value is 0.397. The van der Waals surface area contributed by atoms with Crippen molar-refractivity contribution in [1.29, 1.82) is 0 Å². The SMILES string of the molecule is [Na+].[O-][Si]c1ccccc1. The average Bonchev–Trinajstić information content (AvgIpc) is 1.90. The van der Waals surface area contributed by atoms with Gasteiger partial charge in [0, 0.05) is 0 Å². The van der Waals surface area contributed by atoms with Crippen molar-refractivity contribution in [3.8, 4) is 0 Å². The van der Waals surface area contributed by atoms with Gasteiger partial charge in [-0.3, -0.25) is 0 Å². The first kappa shape index (κ1) is 9.40. The van der Waals surface area contributed by atoms with Crippen LogP contribution < -0.4 is 39.5 Å². The van der Waals surface area contributed by atoms with E-state index in [1.807, 2.05) is 30.3 Å². The molecule has 3 heteroatoms. The van der Waals surface area contributed by atoms with E-state index in [9.17, 15) is 4.80 Å². The molecule has 0 N–H and O–H groups in total. The van der Waals surface area contributed by atoms with E-state index in [4.69, 9.17) is 0 Å². The molecule has 0 atom stereocenters. The Morgan fingerprint density at radius 3 is 2.00 bits per heavy atom. The van der Waals surface area contributed by atoms with Crippen LogP contribution in [0, 0.1) is 0 Å². The van der Waals surface area contributed by atoms with Crippen molar-refractivity contribution in [2.75, 3.05) is 0 Å². The van der Waals surface area contributed by atoms with Crippen molar-refractivity contribution in [3.63, 3.8) is 0 Å². The van der Waals surface area contributed by atoms with Gasteiger partial charge >= 0.3 is 29.6 Å². The molecule has 0 aliphatic carbocycles. The first-order valence-corrected chi connectivity index (χ1v) is 3.27. The van der Waals surface area contributed by atoms with Gasteiger partial charge in [-0.25, -0.2) is 0 Å². The second-order valence-electron chi connectivity index (χ2n) is 1.47. The van der Waals surface area contributed by atoms with Crippen molar-refractivity contribution in [1.82, 2.24) is 0 Å². The summed E-state index contributed by atoms with van der Waals surface area (Å²) in [5, 5.41) is 0.882. The first-order chi connectivity index (χ1) is 3.93. The van der Waals surface area contributed by atoms with Crippen molar-refractivity contribution in [3.05, 3.63) is 30.3 Å². The molecule has 1 nitrogen and oxygen atoms in total. The van der Waals surface area contributed by atoms with Crippen LogP contribution in [0.4, 0.5) is 0 Å². The fourth-order valence-corrected chi connectivity index (χ4v) is 0.835. The van der Waals surface area contributed by atoms with Crippen LogP contribution in [0.2, 0.25) is 0 Å². The summed E-state index contributed by atoms with van der Waals surface area (Å²) in [6.45, 7) is 0. The van der Waals surface area contributed by atoms with Crippen LogP contribution in [0.3, 0.4) is 0 Å². The Balaban J connectivity index is 0.000000640. The van der Waals surface area contributed by atoms with Gasteiger partial charge in [-0.15, -0.1) is 0 Å². The second kappa shape index (κ2) is 5.20. The molecule has 1 rings (SSSR count). The van der Waals surface area contributed by atoms with Crippen molar-refractivity contribution >= 4 is 14.9 Å². The van der Waals surface area contributed by atoms with E-state index in [-0.39, 0.29) is 39.3 Å². The maximum Gasteiger partial charge on any atom is 1.00 e. The Kier molecular flexibility index (Phi) is 5.43. The first-order valence-electron chi connectivity index (χ1n) is 2.36. The van der Waals surface area contributed by atoms with E-state index < -0.39 is 0 Å². The zero-order chi connectivity index (χ0) is 5.82. The zero-order valence-corrected chi connectivity index (χ0v) is 8.29. The predicted molar refractivity (Wildman–Crippen MR) is 31.8 cm³/mol. The Bertz CT molecular complexity index is 154. The summed E-state index contributed by atoms with van der Waals surface area (Å²) in [6.07, 6.45) is 0. The van der Waals surface area contributed by atoms with Gasteiger partial charge in [-0.05, 0) is 9.76 Å². The summed E-state index contributed by atoms with van der Waals surface area (Å²) < 4.78 is 0.